The minimum atomic E-state index is -0.474. The second kappa shape index (κ2) is 12.4. The quantitative estimate of drug-likeness (QED) is 0.176. The first-order valence-corrected chi connectivity index (χ1v) is 21.1. The smallest absolute Gasteiger partial charge is 0.0741 e. The zero-order chi connectivity index (χ0) is 38.6. The Morgan fingerprint density at radius 2 is 1.00 bits per heavy atom. The first-order chi connectivity index (χ1) is 28.5. The summed E-state index contributed by atoms with van der Waals surface area (Å²) in [6.45, 7) is 4.74. The average Bonchev–Trinajstić information content (AvgIpc) is 3.69. The van der Waals surface area contributed by atoms with Crippen molar-refractivity contribution in [3.63, 3.8) is 0 Å². The van der Waals surface area contributed by atoms with Gasteiger partial charge in [-0.25, -0.2) is 0 Å². The first kappa shape index (κ1) is 33.5. The molecule has 0 saturated carbocycles. The van der Waals surface area contributed by atoms with Gasteiger partial charge in [0.1, 0.15) is 0 Å². The van der Waals surface area contributed by atoms with Crippen LogP contribution in [0.3, 0.4) is 0 Å². The van der Waals surface area contributed by atoms with Crippen molar-refractivity contribution in [2.75, 3.05) is 4.90 Å². The molecule has 3 aliphatic rings. The van der Waals surface area contributed by atoms with Crippen molar-refractivity contribution in [3.8, 4) is 33.4 Å². The summed E-state index contributed by atoms with van der Waals surface area (Å²) >= 11 is 1.91. The van der Waals surface area contributed by atoms with E-state index in [-0.39, 0.29) is 5.41 Å². The molecule has 58 heavy (non-hydrogen) atoms. The van der Waals surface area contributed by atoms with Gasteiger partial charge in [-0.3, -0.25) is 0 Å². The highest BCUT2D eigenvalue weighted by atomic mass is 32.2. The Hall–Kier alpha value is -6.61. The fourth-order valence-electron chi connectivity index (χ4n) is 10.6. The standard InChI is InChI=1S/C56H39NS/c1-55(2)46-23-11-8-21-42(46)44-31-29-39(35-50(44)55)57(51-26-14-10-19-40(51)36-16-4-3-5-17-36)38-30-32-48-45(34-38)43-22-9-12-24-47(43)56(48)49-25-13-15-27-52(49)58-53-33-28-37-18-6-7-20-41(37)54(53)56/h3-35H,1-2H3. The molecule has 1 spiro atoms. The maximum Gasteiger partial charge on any atom is 0.0741 e. The Labute approximate surface area is 344 Å². The van der Waals surface area contributed by atoms with Gasteiger partial charge >= 0.3 is 0 Å². The van der Waals surface area contributed by atoms with E-state index in [1.54, 1.807) is 0 Å². The zero-order valence-electron chi connectivity index (χ0n) is 32.4. The summed E-state index contributed by atoms with van der Waals surface area (Å²) in [5, 5.41) is 2.59. The number of para-hydroxylation sites is 1. The maximum atomic E-state index is 2.50. The number of hydrogen-bond donors (Lipinski definition) is 0. The summed E-state index contributed by atoms with van der Waals surface area (Å²) in [4.78, 5) is 5.14. The van der Waals surface area contributed by atoms with E-state index in [4.69, 9.17) is 0 Å². The second-order valence-electron chi connectivity index (χ2n) is 16.4. The number of hydrogen-bond acceptors (Lipinski definition) is 2. The fraction of sp³-hybridized carbons (Fsp3) is 0.0714. The van der Waals surface area contributed by atoms with Gasteiger partial charge in [0.2, 0.25) is 0 Å². The van der Waals surface area contributed by atoms with E-state index in [0.29, 0.717) is 0 Å². The first-order valence-electron chi connectivity index (χ1n) is 20.3. The fourth-order valence-corrected chi connectivity index (χ4v) is 11.8. The third kappa shape index (κ3) is 4.55. The summed E-state index contributed by atoms with van der Waals surface area (Å²) in [6, 6.07) is 75.0. The van der Waals surface area contributed by atoms with Gasteiger partial charge in [0.25, 0.3) is 0 Å². The topological polar surface area (TPSA) is 3.24 Å². The van der Waals surface area contributed by atoms with Crippen LogP contribution in [0.2, 0.25) is 0 Å². The molecule has 0 amide bonds. The number of benzene rings is 9. The molecule has 0 saturated heterocycles. The Kier molecular flexibility index (Phi) is 7.19. The highest BCUT2D eigenvalue weighted by molar-refractivity contribution is 7.99. The molecule has 1 nitrogen and oxygen atoms in total. The van der Waals surface area contributed by atoms with Crippen molar-refractivity contribution in [2.45, 2.75) is 34.5 Å². The van der Waals surface area contributed by atoms with Gasteiger partial charge in [0.05, 0.1) is 11.1 Å². The lowest BCUT2D eigenvalue weighted by Gasteiger charge is -2.40. The zero-order valence-corrected chi connectivity index (χ0v) is 33.2. The van der Waals surface area contributed by atoms with Crippen molar-refractivity contribution < 1.29 is 0 Å². The molecule has 0 fully saturated rings. The molecule has 9 aromatic rings. The van der Waals surface area contributed by atoms with E-state index in [2.05, 4.69) is 219 Å². The van der Waals surface area contributed by atoms with Crippen LogP contribution in [0.1, 0.15) is 47.2 Å². The summed E-state index contributed by atoms with van der Waals surface area (Å²) in [5.41, 5.74) is 18.6. The molecule has 1 unspecified atom stereocenters. The summed E-state index contributed by atoms with van der Waals surface area (Å²) < 4.78 is 0. The van der Waals surface area contributed by atoms with Crippen LogP contribution in [0.5, 0.6) is 0 Å². The van der Waals surface area contributed by atoms with E-state index in [0.717, 1.165) is 17.1 Å². The molecule has 0 bridgehead atoms. The second-order valence-corrected chi connectivity index (χ2v) is 17.5. The van der Waals surface area contributed by atoms with Crippen LogP contribution in [-0.4, -0.2) is 0 Å². The van der Waals surface area contributed by atoms with Crippen molar-refractivity contribution in [2.24, 2.45) is 0 Å². The van der Waals surface area contributed by atoms with Gasteiger partial charge in [0.15, 0.2) is 0 Å². The van der Waals surface area contributed by atoms with Crippen molar-refractivity contribution in [3.05, 3.63) is 234 Å². The minimum absolute atomic E-state index is 0.127. The predicted molar refractivity (Wildman–Crippen MR) is 243 cm³/mol. The molecular weight excluding hydrogens is 719 g/mol. The number of fused-ring (bicyclic) bond motifs is 14. The molecule has 2 aliphatic carbocycles. The van der Waals surface area contributed by atoms with Gasteiger partial charge in [-0.1, -0.05) is 183 Å². The van der Waals surface area contributed by atoms with Crippen LogP contribution in [0.25, 0.3) is 44.2 Å². The van der Waals surface area contributed by atoms with Crippen LogP contribution in [-0.2, 0) is 10.8 Å². The predicted octanol–water partition coefficient (Wildman–Crippen LogP) is 15.1. The lowest BCUT2D eigenvalue weighted by atomic mass is 9.66. The van der Waals surface area contributed by atoms with Gasteiger partial charge in [-0.05, 0) is 114 Å². The molecule has 1 atom stereocenters. The van der Waals surface area contributed by atoms with E-state index in [1.165, 1.54) is 87.3 Å². The van der Waals surface area contributed by atoms with Crippen LogP contribution in [0, 0.1) is 0 Å². The molecule has 9 aromatic carbocycles. The third-order valence-electron chi connectivity index (χ3n) is 13.1. The van der Waals surface area contributed by atoms with Crippen LogP contribution in [0.4, 0.5) is 17.1 Å². The van der Waals surface area contributed by atoms with Gasteiger partial charge in [-0.2, -0.15) is 0 Å². The molecule has 1 aliphatic heterocycles. The molecule has 274 valence electrons. The summed E-state index contributed by atoms with van der Waals surface area (Å²) in [6.07, 6.45) is 0. The monoisotopic (exact) mass is 757 g/mol. The minimum Gasteiger partial charge on any atom is -0.310 e. The van der Waals surface area contributed by atoms with Gasteiger partial charge < -0.3 is 4.90 Å². The van der Waals surface area contributed by atoms with E-state index in [1.807, 2.05) is 11.8 Å². The van der Waals surface area contributed by atoms with E-state index < -0.39 is 5.41 Å². The average molecular weight is 758 g/mol. The van der Waals surface area contributed by atoms with E-state index in [9.17, 15) is 0 Å². The molecule has 2 heteroatoms. The van der Waals surface area contributed by atoms with Gasteiger partial charge in [-0.15, -0.1) is 0 Å². The van der Waals surface area contributed by atoms with Crippen LogP contribution < -0.4 is 4.90 Å². The highest BCUT2D eigenvalue weighted by Crippen LogP contribution is 2.64. The Balaban J connectivity index is 1.14. The lowest BCUT2D eigenvalue weighted by molar-refractivity contribution is 0.660. The van der Waals surface area contributed by atoms with Crippen molar-refractivity contribution >= 4 is 39.6 Å². The molecular formula is C56H39NS. The third-order valence-corrected chi connectivity index (χ3v) is 14.3. The molecule has 1 heterocycles. The summed E-state index contributed by atoms with van der Waals surface area (Å²) in [5.74, 6) is 0. The van der Waals surface area contributed by atoms with Crippen molar-refractivity contribution in [1.29, 1.82) is 0 Å². The van der Waals surface area contributed by atoms with Crippen LogP contribution >= 0.6 is 11.8 Å². The van der Waals surface area contributed by atoms with E-state index >= 15 is 0 Å². The molecule has 0 N–H and O–H groups in total. The number of nitrogens with zero attached hydrogens (tertiary/aromatic N) is 1. The van der Waals surface area contributed by atoms with Crippen LogP contribution in [0.15, 0.2) is 210 Å². The van der Waals surface area contributed by atoms with Crippen molar-refractivity contribution in [1.82, 2.24) is 0 Å². The largest absolute Gasteiger partial charge is 0.310 e. The van der Waals surface area contributed by atoms with Gasteiger partial charge in [0, 0.05) is 32.1 Å². The Bertz CT molecular complexity index is 3140. The lowest BCUT2D eigenvalue weighted by Crippen LogP contribution is -2.32. The Morgan fingerprint density at radius 1 is 0.397 bits per heavy atom. The molecule has 0 aromatic heterocycles. The molecule has 12 rings (SSSR count). The number of rotatable bonds is 4. The summed E-state index contributed by atoms with van der Waals surface area (Å²) in [7, 11) is 0. The maximum absolute atomic E-state index is 2.50. The highest BCUT2D eigenvalue weighted by Gasteiger charge is 2.51. The molecule has 0 radical (unpaired) electrons. The SMILES string of the molecule is CC1(C)c2ccccc2-c2ccc(N(c3ccc4c(c3)-c3ccccc3C43c4ccccc4Sc4ccc5ccccc5c43)c3ccccc3-c3ccccc3)cc21. The normalized spacial score (nSPS) is 16.2. The number of anilines is 3. The Morgan fingerprint density at radius 3 is 1.84 bits per heavy atom.